The van der Waals surface area contributed by atoms with Gasteiger partial charge in [0.05, 0.1) is 0 Å². The fourth-order valence-electron chi connectivity index (χ4n) is 1.02. The van der Waals surface area contributed by atoms with Crippen molar-refractivity contribution in [1.82, 2.24) is 4.90 Å². The van der Waals surface area contributed by atoms with E-state index in [1.807, 2.05) is 43.3 Å². The first-order valence-electron chi connectivity index (χ1n) is 3.87. The van der Waals surface area contributed by atoms with Crippen molar-refractivity contribution in [1.29, 1.82) is 0 Å². The molecular weight excluding hydrogens is 170 g/mol. The van der Waals surface area contributed by atoms with E-state index in [0.717, 1.165) is 10.6 Å². The van der Waals surface area contributed by atoms with Crippen LogP contribution in [0, 0.1) is 6.92 Å². The number of halogens is 1. The minimum atomic E-state index is 0.124. The van der Waals surface area contributed by atoms with Crippen molar-refractivity contribution in [2.75, 3.05) is 14.1 Å². The largest absolute Gasteiger partial charge is 0.302 e. The van der Waals surface area contributed by atoms with E-state index in [9.17, 15) is 0 Å². The van der Waals surface area contributed by atoms with Crippen molar-refractivity contribution in [2.24, 2.45) is 0 Å². The predicted molar refractivity (Wildman–Crippen MR) is 53.2 cm³/mol. The van der Waals surface area contributed by atoms with Gasteiger partial charge in [-0.15, -0.1) is 0 Å². The Hall–Kier alpha value is -0.530. The van der Waals surface area contributed by atoms with Gasteiger partial charge >= 0.3 is 0 Å². The smallest absolute Gasteiger partial charge is 0.0453 e. The standard InChI is InChI=1S/C10H13ClN/c1-8(12(2)3)9-6-4-5-7-10(9)11/h4-8H,1H2,2-3H3. The zero-order valence-electron chi connectivity index (χ0n) is 7.42. The SMILES string of the molecule is [CH2]C(c1ccccc1Cl)N(C)C. The van der Waals surface area contributed by atoms with E-state index in [1.54, 1.807) is 0 Å². The highest BCUT2D eigenvalue weighted by molar-refractivity contribution is 6.31. The third-order valence-corrected chi connectivity index (χ3v) is 2.23. The molecule has 65 valence electrons. The van der Waals surface area contributed by atoms with Gasteiger partial charge < -0.3 is 4.90 Å². The highest BCUT2D eigenvalue weighted by Crippen LogP contribution is 2.24. The van der Waals surface area contributed by atoms with E-state index in [4.69, 9.17) is 11.6 Å². The molecular formula is C10H13ClN. The monoisotopic (exact) mass is 182 g/mol. The second kappa shape index (κ2) is 3.92. The second-order valence-corrected chi connectivity index (χ2v) is 3.41. The highest BCUT2D eigenvalue weighted by atomic mass is 35.5. The molecule has 0 spiro atoms. The molecule has 1 nitrogen and oxygen atoms in total. The molecule has 0 bridgehead atoms. The van der Waals surface area contributed by atoms with Gasteiger partial charge in [0, 0.05) is 11.1 Å². The molecule has 0 N–H and O–H groups in total. The lowest BCUT2D eigenvalue weighted by atomic mass is 10.1. The van der Waals surface area contributed by atoms with Gasteiger partial charge in [-0.05, 0) is 32.6 Å². The molecule has 0 aliphatic carbocycles. The molecule has 1 rings (SSSR count). The van der Waals surface area contributed by atoms with Crippen LogP contribution in [-0.2, 0) is 0 Å². The third-order valence-electron chi connectivity index (χ3n) is 1.89. The molecule has 1 atom stereocenters. The average molecular weight is 183 g/mol. The Labute approximate surface area is 79.0 Å². The molecule has 0 saturated carbocycles. The van der Waals surface area contributed by atoms with E-state index in [0.29, 0.717) is 0 Å². The van der Waals surface area contributed by atoms with Crippen LogP contribution in [0.15, 0.2) is 24.3 Å². The van der Waals surface area contributed by atoms with E-state index < -0.39 is 0 Å². The molecule has 0 aliphatic heterocycles. The molecule has 1 unspecified atom stereocenters. The fraction of sp³-hybridized carbons (Fsp3) is 0.300. The Kier molecular flexibility index (Phi) is 3.12. The first kappa shape index (κ1) is 9.56. The Morgan fingerprint density at radius 1 is 1.33 bits per heavy atom. The maximum absolute atomic E-state index is 6.00. The number of benzene rings is 1. The van der Waals surface area contributed by atoms with Crippen LogP contribution < -0.4 is 0 Å². The Bertz CT molecular complexity index is 258. The molecule has 0 aliphatic rings. The van der Waals surface area contributed by atoms with Crippen molar-refractivity contribution >= 4 is 11.6 Å². The molecule has 0 fully saturated rings. The minimum Gasteiger partial charge on any atom is -0.302 e. The van der Waals surface area contributed by atoms with Gasteiger partial charge in [0.2, 0.25) is 0 Å². The minimum absolute atomic E-state index is 0.124. The summed E-state index contributed by atoms with van der Waals surface area (Å²) < 4.78 is 0. The van der Waals surface area contributed by atoms with Crippen LogP contribution >= 0.6 is 11.6 Å². The highest BCUT2D eigenvalue weighted by Gasteiger charge is 2.09. The molecule has 0 heterocycles. The first-order valence-corrected chi connectivity index (χ1v) is 4.24. The average Bonchev–Trinajstić information content (AvgIpc) is 2.04. The Balaban J connectivity index is 2.94. The van der Waals surface area contributed by atoms with Gasteiger partial charge in [-0.25, -0.2) is 0 Å². The zero-order valence-corrected chi connectivity index (χ0v) is 8.17. The van der Waals surface area contributed by atoms with Crippen molar-refractivity contribution in [2.45, 2.75) is 6.04 Å². The van der Waals surface area contributed by atoms with Crippen LogP contribution in [0.4, 0.5) is 0 Å². The van der Waals surface area contributed by atoms with Crippen LogP contribution in [0.25, 0.3) is 0 Å². The van der Waals surface area contributed by atoms with E-state index >= 15 is 0 Å². The Morgan fingerprint density at radius 2 is 1.92 bits per heavy atom. The number of rotatable bonds is 2. The molecule has 2 heteroatoms. The van der Waals surface area contributed by atoms with Crippen LogP contribution in [0.1, 0.15) is 11.6 Å². The predicted octanol–water partition coefficient (Wildman–Crippen LogP) is 2.78. The summed E-state index contributed by atoms with van der Waals surface area (Å²) in [5.41, 5.74) is 1.07. The summed E-state index contributed by atoms with van der Waals surface area (Å²) >= 11 is 6.00. The van der Waals surface area contributed by atoms with Crippen LogP contribution in [0.5, 0.6) is 0 Å². The zero-order chi connectivity index (χ0) is 9.14. The van der Waals surface area contributed by atoms with Crippen molar-refractivity contribution < 1.29 is 0 Å². The van der Waals surface area contributed by atoms with Crippen molar-refractivity contribution in [3.63, 3.8) is 0 Å². The van der Waals surface area contributed by atoms with Crippen LogP contribution in [0.2, 0.25) is 5.02 Å². The number of hydrogen-bond donors (Lipinski definition) is 0. The topological polar surface area (TPSA) is 3.24 Å². The maximum Gasteiger partial charge on any atom is 0.0453 e. The van der Waals surface area contributed by atoms with Crippen LogP contribution in [0.3, 0.4) is 0 Å². The molecule has 1 radical (unpaired) electrons. The van der Waals surface area contributed by atoms with E-state index in [-0.39, 0.29) is 6.04 Å². The lowest BCUT2D eigenvalue weighted by Gasteiger charge is -2.20. The second-order valence-electron chi connectivity index (χ2n) is 3.00. The van der Waals surface area contributed by atoms with Crippen molar-refractivity contribution in [3.8, 4) is 0 Å². The molecule has 1 aromatic rings. The Morgan fingerprint density at radius 3 is 2.42 bits per heavy atom. The maximum atomic E-state index is 6.00. The van der Waals surface area contributed by atoms with Gasteiger partial charge in [-0.2, -0.15) is 0 Å². The van der Waals surface area contributed by atoms with Crippen molar-refractivity contribution in [3.05, 3.63) is 41.8 Å². The first-order chi connectivity index (χ1) is 5.63. The summed E-state index contributed by atoms with van der Waals surface area (Å²) in [4.78, 5) is 2.03. The third kappa shape index (κ3) is 1.99. The number of hydrogen-bond acceptors (Lipinski definition) is 1. The van der Waals surface area contributed by atoms with E-state index in [1.165, 1.54) is 0 Å². The van der Waals surface area contributed by atoms with Gasteiger partial charge in [0.25, 0.3) is 0 Å². The molecule has 12 heavy (non-hydrogen) atoms. The number of nitrogens with zero attached hydrogens (tertiary/aromatic N) is 1. The molecule has 0 aromatic heterocycles. The van der Waals surface area contributed by atoms with Crippen LogP contribution in [-0.4, -0.2) is 19.0 Å². The normalized spacial score (nSPS) is 13.4. The van der Waals surface area contributed by atoms with Gasteiger partial charge in [0.1, 0.15) is 0 Å². The summed E-state index contributed by atoms with van der Waals surface area (Å²) in [6.07, 6.45) is 0. The fourth-order valence-corrected chi connectivity index (χ4v) is 1.29. The van der Waals surface area contributed by atoms with E-state index in [2.05, 4.69) is 6.92 Å². The molecule has 1 aromatic carbocycles. The summed E-state index contributed by atoms with van der Waals surface area (Å²) in [5, 5.41) is 0.784. The lowest BCUT2D eigenvalue weighted by Crippen LogP contribution is -2.17. The lowest BCUT2D eigenvalue weighted by molar-refractivity contribution is 0.349. The summed E-state index contributed by atoms with van der Waals surface area (Å²) in [6.45, 7) is 4.01. The van der Waals surface area contributed by atoms with Gasteiger partial charge in [-0.1, -0.05) is 29.8 Å². The van der Waals surface area contributed by atoms with Gasteiger partial charge in [-0.3, -0.25) is 0 Å². The van der Waals surface area contributed by atoms with Gasteiger partial charge in [0.15, 0.2) is 0 Å². The molecule has 0 saturated heterocycles. The summed E-state index contributed by atoms with van der Waals surface area (Å²) in [6, 6.07) is 7.91. The quantitative estimate of drug-likeness (QED) is 0.680. The molecule has 0 amide bonds. The summed E-state index contributed by atoms with van der Waals surface area (Å²) in [5.74, 6) is 0. The summed E-state index contributed by atoms with van der Waals surface area (Å²) in [7, 11) is 3.97.